The summed E-state index contributed by atoms with van der Waals surface area (Å²) < 4.78 is 0. The number of hydrogen-bond donors (Lipinski definition) is 2. The van der Waals surface area contributed by atoms with Crippen molar-refractivity contribution in [2.45, 2.75) is 51.6 Å². The molecule has 1 heterocycles. The molecule has 0 spiro atoms. The highest BCUT2D eigenvalue weighted by molar-refractivity contribution is 5.94. The van der Waals surface area contributed by atoms with Crippen LogP contribution >= 0.6 is 0 Å². The zero-order chi connectivity index (χ0) is 20.1. The van der Waals surface area contributed by atoms with Crippen LogP contribution in [0.15, 0.2) is 54.6 Å². The van der Waals surface area contributed by atoms with Gasteiger partial charge in [0.1, 0.15) is 6.04 Å². The SMILES string of the molecule is CC(C)(C)c1ccc(CNC(=O)[C@@H]2CCCN2C(=O)Nc2ccccc2)cc1. The summed E-state index contributed by atoms with van der Waals surface area (Å²) in [5.41, 5.74) is 3.16. The summed E-state index contributed by atoms with van der Waals surface area (Å²) in [6.45, 7) is 7.60. The second-order valence-electron chi connectivity index (χ2n) is 8.31. The van der Waals surface area contributed by atoms with Crippen molar-refractivity contribution in [1.29, 1.82) is 0 Å². The lowest BCUT2D eigenvalue weighted by molar-refractivity contribution is -0.124. The van der Waals surface area contributed by atoms with Crippen LogP contribution in [-0.2, 0) is 16.8 Å². The number of nitrogens with one attached hydrogen (secondary N) is 2. The Labute approximate surface area is 167 Å². The van der Waals surface area contributed by atoms with Crippen molar-refractivity contribution in [2.75, 3.05) is 11.9 Å². The van der Waals surface area contributed by atoms with Crippen molar-refractivity contribution in [3.8, 4) is 0 Å². The van der Waals surface area contributed by atoms with Gasteiger partial charge in [-0.3, -0.25) is 4.79 Å². The Balaban J connectivity index is 1.56. The van der Waals surface area contributed by atoms with Crippen LogP contribution in [0.3, 0.4) is 0 Å². The van der Waals surface area contributed by atoms with Crippen molar-refractivity contribution < 1.29 is 9.59 Å². The van der Waals surface area contributed by atoms with E-state index >= 15 is 0 Å². The first kappa shape index (κ1) is 19.9. The van der Waals surface area contributed by atoms with Gasteiger partial charge in [-0.2, -0.15) is 0 Å². The third kappa shape index (κ3) is 4.91. The van der Waals surface area contributed by atoms with Crippen molar-refractivity contribution >= 4 is 17.6 Å². The first-order chi connectivity index (χ1) is 13.3. The molecule has 5 heteroatoms. The molecule has 28 heavy (non-hydrogen) atoms. The van der Waals surface area contributed by atoms with Gasteiger partial charge in [-0.15, -0.1) is 0 Å². The molecule has 1 aliphatic heterocycles. The van der Waals surface area contributed by atoms with E-state index in [0.29, 0.717) is 19.5 Å². The quantitative estimate of drug-likeness (QED) is 0.832. The first-order valence-electron chi connectivity index (χ1n) is 9.84. The van der Waals surface area contributed by atoms with E-state index < -0.39 is 6.04 Å². The van der Waals surface area contributed by atoms with Crippen LogP contribution < -0.4 is 10.6 Å². The minimum absolute atomic E-state index is 0.0967. The van der Waals surface area contributed by atoms with E-state index in [0.717, 1.165) is 17.7 Å². The lowest BCUT2D eigenvalue weighted by Gasteiger charge is -2.24. The second-order valence-corrected chi connectivity index (χ2v) is 8.31. The van der Waals surface area contributed by atoms with Gasteiger partial charge < -0.3 is 15.5 Å². The molecule has 1 atom stereocenters. The molecule has 2 aromatic carbocycles. The van der Waals surface area contributed by atoms with Crippen LogP contribution in [0.2, 0.25) is 0 Å². The zero-order valence-electron chi connectivity index (χ0n) is 16.9. The van der Waals surface area contributed by atoms with Crippen molar-refractivity contribution in [3.63, 3.8) is 0 Å². The summed E-state index contributed by atoms with van der Waals surface area (Å²) in [4.78, 5) is 26.9. The van der Waals surface area contributed by atoms with Crippen molar-refractivity contribution in [1.82, 2.24) is 10.2 Å². The van der Waals surface area contributed by atoms with Gasteiger partial charge in [0.05, 0.1) is 0 Å². The Bertz CT molecular complexity index is 810. The molecule has 0 radical (unpaired) electrons. The molecule has 1 saturated heterocycles. The van der Waals surface area contributed by atoms with E-state index in [4.69, 9.17) is 0 Å². The predicted octanol–water partition coefficient (Wildman–Crippen LogP) is 4.30. The number of nitrogens with zero attached hydrogens (tertiary/aromatic N) is 1. The van der Waals surface area contributed by atoms with Gasteiger partial charge in [-0.25, -0.2) is 4.79 Å². The van der Waals surface area contributed by atoms with Crippen LogP contribution in [0.1, 0.15) is 44.7 Å². The average Bonchev–Trinajstić information content (AvgIpc) is 3.17. The molecule has 2 N–H and O–H groups in total. The Morgan fingerprint density at radius 1 is 1.04 bits per heavy atom. The maximum absolute atomic E-state index is 12.7. The normalized spacial score (nSPS) is 16.7. The zero-order valence-corrected chi connectivity index (χ0v) is 16.9. The lowest BCUT2D eigenvalue weighted by atomic mass is 9.87. The second kappa shape index (κ2) is 8.46. The number of carbonyl (C=O) groups excluding carboxylic acids is 2. The number of para-hydroxylation sites is 1. The summed E-state index contributed by atoms with van der Waals surface area (Å²) in [5.74, 6) is -0.0967. The molecule has 2 aromatic rings. The molecule has 1 fully saturated rings. The van der Waals surface area contributed by atoms with Crippen LogP contribution in [0.4, 0.5) is 10.5 Å². The number of urea groups is 1. The molecular weight excluding hydrogens is 350 g/mol. The number of hydrogen-bond acceptors (Lipinski definition) is 2. The van der Waals surface area contributed by atoms with E-state index in [1.54, 1.807) is 4.90 Å². The van der Waals surface area contributed by atoms with Crippen LogP contribution in [0.5, 0.6) is 0 Å². The number of anilines is 1. The fraction of sp³-hybridized carbons (Fsp3) is 0.391. The van der Waals surface area contributed by atoms with E-state index in [2.05, 4.69) is 55.7 Å². The Morgan fingerprint density at radius 2 is 1.71 bits per heavy atom. The number of rotatable bonds is 4. The van der Waals surface area contributed by atoms with Gasteiger partial charge in [0.25, 0.3) is 0 Å². The van der Waals surface area contributed by atoms with Gasteiger partial charge >= 0.3 is 6.03 Å². The highest BCUT2D eigenvalue weighted by Crippen LogP contribution is 2.22. The largest absolute Gasteiger partial charge is 0.350 e. The Kier molecular flexibility index (Phi) is 6.02. The molecule has 3 rings (SSSR count). The molecule has 0 aliphatic carbocycles. The Hall–Kier alpha value is -2.82. The number of benzene rings is 2. The molecule has 0 bridgehead atoms. The molecule has 0 aromatic heterocycles. The van der Waals surface area contributed by atoms with Gasteiger partial charge in [-0.1, -0.05) is 63.2 Å². The first-order valence-corrected chi connectivity index (χ1v) is 9.84. The van der Waals surface area contributed by atoms with Crippen LogP contribution in [0.25, 0.3) is 0 Å². The maximum Gasteiger partial charge on any atom is 0.322 e. The summed E-state index contributed by atoms with van der Waals surface area (Å²) in [6.07, 6.45) is 1.53. The maximum atomic E-state index is 12.7. The summed E-state index contributed by atoms with van der Waals surface area (Å²) in [6, 6.07) is 17.0. The predicted molar refractivity (Wildman–Crippen MR) is 112 cm³/mol. The molecule has 1 aliphatic rings. The fourth-order valence-electron chi connectivity index (χ4n) is 3.43. The lowest BCUT2D eigenvalue weighted by Crippen LogP contribution is -2.47. The van der Waals surface area contributed by atoms with Gasteiger partial charge in [0.15, 0.2) is 0 Å². The molecular formula is C23H29N3O2. The van der Waals surface area contributed by atoms with E-state index in [1.165, 1.54) is 5.56 Å². The van der Waals surface area contributed by atoms with Gasteiger partial charge in [-0.05, 0) is 41.5 Å². The summed E-state index contributed by atoms with van der Waals surface area (Å²) in [7, 11) is 0. The number of carbonyl (C=O) groups is 2. The van der Waals surface area contributed by atoms with Crippen molar-refractivity contribution in [3.05, 3.63) is 65.7 Å². The smallest absolute Gasteiger partial charge is 0.322 e. The highest BCUT2D eigenvalue weighted by atomic mass is 16.2. The van der Waals surface area contributed by atoms with E-state index in [9.17, 15) is 9.59 Å². The molecule has 148 valence electrons. The summed E-state index contributed by atoms with van der Waals surface area (Å²) in [5, 5.41) is 5.86. The monoisotopic (exact) mass is 379 g/mol. The van der Waals surface area contributed by atoms with Gasteiger partial charge in [0.2, 0.25) is 5.91 Å². The number of amides is 3. The average molecular weight is 380 g/mol. The minimum Gasteiger partial charge on any atom is -0.350 e. The third-order valence-electron chi connectivity index (χ3n) is 5.13. The van der Waals surface area contributed by atoms with Crippen molar-refractivity contribution in [2.24, 2.45) is 0 Å². The van der Waals surface area contributed by atoms with E-state index in [-0.39, 0.29) is 17.4 Å². The van der Waals surface area contributed by atoms with Crippen LogP contribution in [0, 0.1) is 0 Å². The summed E-state index contributed by atoms with van der Waals surface area (Å²) >= 11 is 0. The third-order valence-corrected chi connectivity index (χ3v) is 5.13. The van der Waals surface area contributed by atoms with E-state index in [1.807, 2.05) is 30.3 Å². The standard InChI is InChI=1S/C23H29N3O2/c1-23(2,3)18-13-11-17(12-14-18)16-24-21(27)20-10-7-15-26(20)22(28)25-19-8-5-4-6-9-19/h4-6,8-9,11-14,20H,7,10,15-16H2,1-3H3,(H,24,27)(H,25,28)/t20-/m0/s1. The number of likely N-dealkylation sites (tertiary alicyclic amines) is 1. The minimum atomic E-state index is -0.419. The van der Waals surface area contributed by atoms with Crippen LogP contribution in [-0.4, -0.2) is 29.4 Å². The fourth-order valence-corrected chi connectivity index (χ4v) is 3.43. The molecule has 0 saturated carbocycles. The Morgan fingerprint density at radius 3 is 2.36 bits per heavy atom. The molecule has 0 unspecified atom stereocenters. The molecule has 5 nitrogen and oxygen atoms in total. The topological polar surface area (TPSA) is 61.4 Å². The highest BCUT2D eigenvalue weighted by Gasteiger charge is 2.34. The molecule has 3 amide bonds. The van der Waals surface area contributed by atoms with Gasteiger partial charge in [0, 0.05) is 18.8 Å².